The summed E-state index contributed by atoms with van der Waals surface area (Å²) in [5, 5.41) is 5.05. The zero-order valence-electron chi connectivity index (χ0n) is 11.9. The number of rotatable bonds is 3. The van der Waals surface area contributed by atoms with Crippen molar-refractivity contribution >= 4 is 49.5 Å². The van der Waals surface area contributed by atoms with E-state index in [1.807, 2.05) is 13.8 Å². The van der Waals surface area contributed by atoms with Crippen molar-refractivity contribution in [3.8, 4) is 0 Å². The molecule has 0 aliphatic rings. The molecule has 2 aromatic heterocycles. The van der Waals surface area contributed by atoms with E-state index in [4.69, 9.17) is 0 Å². The van der Waals surface area contributed by atoms with Crippen LogP contribution in [0.2, 0.25) is 0 Å². The molecule has 1 aromatic carbocycles. The Morgan fingerprint density at radius 1 is 1.32 bits per heavy atom. The number of nitrogens with zero attached hydrogens (tertiary/aromatic N) is 3. The number of thiophene rings is 1. The lowest BCUT2D eigenvalue weighted by Crippen LogP contribution is -1.96. The number of anilines is 1. The van der Waals surface area contributed by atoms with Crippen molar-refractivity contribution in [2.24, 2.45) is 5.10 Å². The second-order valence-corrected chi connectivity index (χ2v) is 6.84. The SMILES string of the molecule is Cc1sc2ncnc(N/N=C\c3cc(Br)ccc3F)c2c1C. The summed E-state index contributed by atoms with van der Waals surface area (Å²) in [5.41, 5.74) is 4.41. The van der Waals surface area contributed by atoms with Gasteiger partial charge in [-0.15, -0.1) is 11.3 Å². The highest BCUT2D eigenvalue weighted by Crippen LogP contribution is 2.32. The molecule has 0 fully saturated rings. The molecule has 7 heteroatoms. The molecule has 3 aromatic rings. The number of fused-ring (bicyclic) bond motifs is 1. The normalized spacial score (nSPS) is 11.5. The lowest BCUT2D eigenvalue weighted by molar-refractivity contribution is 0.625. The van der Waals surface area contributed by atoms with E-state index >= 15 is 0 Å². The molecule has 0 amide bonds. The summed E-state index contributed by atoms with van der Waals surface area (Å²) < 4.78 is 14.4. The van der Waals surface area contributed by atoms with Crippen LogP contribution in [0.1, 0.15) is 16.0 Å². The third-order valence-electron chi connectivity index (χ3n) is 3.30. The summed E-state index contributed by atoms with van der Waals surface area (Å²) in [7, 11) is 0. The van der Waals surface area contributed by atoms with Crippen LogP contribution in [-0.4, -0.2) is 16.2 Å². The Hall–Kier alpha value is -1.86. The molecule has 0 spiro atoms. The van der Waals surface area contributed by atoms with Gasteiger partial charge in [0.2, 0.25) is 0 Å². The Bertz CT molecular complexity index is 875. The van der Waals surface area contributed by atoms with Gasteiger partial charge in [0.25, 0.3) is 0 Å². The van der Waals surface area contributed by atoms with Gasteiger partial charge in [-0.2, -0.15) is 5.10 Å². The first-order valence-electron chi connectivity index (χ1n) is 6.51. The number of nitrogens with one attached hydrogen (secondary N) is 1. The maximum Gasteiger partial charge on any atom is 0.158 e. The average molecular weight is 379 g/mol. The molecule has 4 nitrogen and oxygen atoms in total. The average Bonchev–Trinajstić information content (AvgIpc) is 2.79. The lowest BCUT2D eigenvalue weighted by atomic mass is 10.2. The fraction of sp³-hybridized carbons (Fsp3) is 0.133. The smallest absolute Gasteiger partial charge is 0.158 e. The summed E-state index contributed by atoms with van der Waals surface area (Å²) in [4.78, 5) is 10.6. The summed E-state index contributed by atoms with van der Waals surface area (Å²) in [5.74, 6) is 0.294. The number of aryl methyl sites for hydroxylation is 2. The van der Waals surface area contributed by atoms with Crippen molar-refractivity contribution in [1.29, 1.82) is 0 Å². The highest BCUT2D eigenvalue weighted by molar-refractivity contribution is 9.10. The minimum absolute atomic E-state index is 0.329. The standard InChI is InChI=1S/C15H12BrFN4S/c1-8-9(2)22-15-13(8)14(18-7-19-15)21-20-6-10-5-11(16)3-4-12(10)17/h3-7H,1-2H3,(H,18,19,21)/b20-6-. The first-order valence-corrected chi connectivity index (χ1v) is 8.12. The van der Waals surface area contributed by atoms with Gasteiger partial charge in [-0.25, -0.2) is 14.4 Å². The predicted molar refractivity (Wildman–Crippen MR) is 92.2 cm³/mol. The third-order valence-corrected chi connectivity index (χ3v) is 4.91. The van der Waals surface area contributed by atoms with E-state index in [-0.39, 0.29) is 5.82 Å². The molecular weight excluding hydrogens is 367 g/mol. The summed E-state index contributed by atoms with van der Waals surface area (Å²) >= 11 is 4.93. The summed E-state index contributed by atoms with van der Waals surface area (Å²) in [6.45, 7) is 4.08. The van der Waals surface area contributed by atoms with Crippen LogP contribution in [0, 0.1) is 19.7 Å². The Kier molecular flexibility index (Phi) is 4.17. The zero-order chi connectivity index (χ0) is 15.7. The largest absolute Gasteiger partial charge is 0.261 e. The van der Waals surface area contributed by atoms with E-state index in [1.165, 1.54) is 23.5 Å². The van der Waals surface area contributed by atoms with E-state index in [0.29, 0.717) is 11.4 Å². The Labute approximate surface area is 139 Å². The lowest BCUT2D eigenvalue weighted by Gasteiger charge is -2.02. The van der Waals surface area contributed by atoms with E-state index in [1.54, 1.807) is 23.5 Å². The van der Waals surface area contributed by atoms with Crippen LogP contribution in [0.4, 0.5) is 10.2 Å². The molecule has 0 unspecified atom stereocenters. The van der Waals surface area contributed by atoms with Crippen LogP contribution in [0.3, 0.4) is 0 Å². The second-order valence-electron chi connectivity index (χ2n) is 4.72. The molecule has 0 saturated carbocycles. The molecule has 0 radical (unpaired) electrons. The van der Waals surface area contributed by atoms with Crippen LogP contribution >= 0.6 is 27.3 Å². The van der Waals surface area contributed by atoms with E-state index in [0.717, 1.165) is 20.3 Å². The molecule has 0 atom stereocenters. The summed E-state index contributed by atoms with van der Waals surface area (Å²) in [6.07, 6.45) is 2.93. The van der Waals surface area contributed by atoms with Gasteiger partial charge in [0.15, 0.2) is 5.82 Å². The van der Waals surface area contributed by atoms with Crippen molar-refractivity contribution in [2.75, 3.05) is 5.43 Å². The maximum atomic E-state index is 13.7. The number of hydrogen-bond donors (Lipinski definition) is 1. The van der Waals surface area contributed by atoms with Crippen molar-refractivity contribution in [3.63, 3.8) is 0 Å². The molecule has 0 aliphatic carbocycles. The molecule has 2 heterocycles. The van der Waals surface area contributed by atoms with Gasteiger partial charge in [0.1, 0.15) is 17.0 Å². The molecular formula is C15H12BrFN4S. The van der Waals surface area contributed by atoms with Crippen molar-refractivity contribution in [2.45, 2.75) is 13.8 Å². The van der Waals surface area contributed by atoms with Crippen molar-refractivity contribution < 1.29 is 4.39 Å². The highest BCUT2D eigenvalue weighted by atomic mass is 79.9. The predicted octanol–water partition coefficient (Wildman–Crippen LogP) is 4.66. The topological polar surface area (TPSA) is 50.2 Å². The molecule has 3 rings (SSSR count). The van der Waals surface area contributed by atoms with E-state index in [2.05, 4.69) is 36.4 Å². The van der Waals surface area contributed by atoms with E-state index < -0.39 is 0 Å². The fourth-order valence-electron chi connectivity index (χ4n) is 2.04. The summed E-state index contributed by atoms with van der Waals surface area (Å²) in [6, 6.07) is 4.70. The molecule has 0 saturated heterocycles. The van der Waals surface area contributed by atoms with Gasteiger partial charge in [-0.05, 0) is 37.6 Å². The monoisotopic (exact) mass is 378 g/mol. The Morgan fingerprint density at radius 2 is 2.14 bits per heavy atom. The molecule has 22 heavy (non-hydrogen) atoms. The first kappa shape index (κ1) is 15.1. The number of benzene rings is 1. The van der Waals surface area contributed by atoms with Gasteiger partial charge in [0.05, 0.1) is 11.6 Å². The van der Waals surface area contributed by atoms with Gasteiger partial charge < -0.3 is 0 Å². The van der Waals surface area contributed by atoms with Crippen molar-refractivity contribution in [1.82, 2.24) is 9.97 Å². The second kappa shape index (κ2) is 6.10. The van der Waals surface area contributed by atoms with Gasteiger partial charge >= 0.3 is 0 Å². The van der Waals surface area contributed by atoms with E-state index in [9.17, 15) is 4.39 Å². The first-order chi connectivity index (χ1) is 10.6. The minimum atomic E-state index is -0.329. The van der Waals surface area contributed by atoms with Gasteiger partial charge in [-0.3, -0.25) is 5.43 Å². The molecule has 0 bridgehead atoms. The zero-order valence-corrected chi connectivity index (χ0v) is 14.3. The minimum Gasteiger partial charge on any atom is -0.261 e. The van der Waals surface area contributed by atoms with Crippen LogP contribution in [0.25, 0.3) is 10.2 Å². The van der Waals surface area contributed by atoms with Gasteiger partial charge in [-0.1, -0.05) is 15.9 Å². The number of halogens is 2. The van der Waals surface area contributed by atoms with Crippen LogP contribution in [0.15, 0.2) is 34.1 Å². The Balaban J connectivity index is 1.91. The van der Waals surface area contributed by atoms with Crippen LogP contribution in [-0.2, 0) is 0 Å². The Morgan fingerprint density at radius 3 is 2.95 bits per heavy atom. The number of hydrazone groups is 1. The maximum absolute atomic E-state index is 13.7. The van der Waals surface area contributed by atoms with Gasteiger partial charge in [0, 0.05) is 14.9 Å². The van der Waals surface area contributed by atoms with Crippen LogP contribution in [0.5, 0.6) is 0 Å². The van der Waals surface area contributed by atoms with Crippen molar-refractivity contribution in [3.05, 3.63) is 50.8 Å². The quantitative estimate of drug-likeness (QED) is 0.532. The number of aromatic nitrogens is 2. The number of hydrogen-bond acceptors (Lipinski definition) is 5. The molecule has 112 valence electrons. The third kappa shape index (κ3) is 2.86. The molecule has 0 aliphatic heterocycles. The molecule has 1 N–H and O–H groups in total. The van der Waals surface area contributed by atoms with Crippen LogP contribution < -0.4 is 5.43 Å². The highest BCUT2D eigenvalue weighted by Gasteiger charge is 2.11. The fourth-order valence-corrected chi connectivity index (χ4v) is 3.42.